The molecule has 2 atom stereocenters. The van der Waals surface area contributed by atoms with Gasteiger partial charge >= 0.3 is 0 Å². The molecule has 3 heterocycles. The lowest BCUT2D eigenvalue weighted by molar-refractivity contribution is -0.143. The van der Waals surface area contributed by atoms with Crippen molar-refractivity contribution in [3.63, 3.8) is 0 Å². The number of piperazine rings is 1. The molecule has 0 spiro atoms. The zero-order valence-corrected chi connectivity index (χ0v) is 13.0. The summed E-state index contributed by atoms with van der Waals surface area (Å²) in [5, 5.41) is 0.944. The minimum atomic E-state index is -0.297. The molecule has 2 fully saturated rings. The summed E-state index contributed by atoms with van der Waals surface area (Å²) < 4.78 is 9.89. The standard InChI is InChI=1S/C13H21N5O2S/c1-9-15-13(21-16-9)18-6-4-17(5-7-18)12(19)11-3-2-10(8-14)20-11/h10-11H,2-8,14H2,1H3/t10-,11+/m1/s1. The first kappa shape index (κ1) is 14.7. The molecule has 2 saturated heterocycles. The van der Waals surface area contributed by atoms with Crippen molar-refractivity contribution >= 4 is 22.6 Å². The van der Waals surface area contributed by atoms with Crippen LogP contribution in [0.25, 0.3) is 0 Å². The van der Waals surface area contributed by atoms with Crippen molar-refractivity contribution in [1.82, 2.24) is 14.3 Å². The molecular formula is C13H21N5O2S. The molecule has 0 saturated carbocycles. The molecule has 2 aliphatic heterocycles. The summed E-state index contributed by atoms with van der Waals surface area (Å²) in [6, 6.07) is 0. The maximum Gasteiger partial charge on any atom is 0.251 e. The minimum Gasteiger partial charge on any atom is -0.364 e. The van der Waals surface area contributed by atoms with Crippen LogP contribution in [0, 0.1) is 6.92 Å². The van der Waals surface area contributed by atoms with E-state index in [1.165, 1.54) is 11.5 Å². The summed E-state index contributed by atoms with van der Waals surface area (Å²) in [6.45, 7) is 5.41. The summed E-state index contributed by atoms with van der Waals surface area (Å²) in [5.74, 6) is 0.916. The average Bonchev–Trinajstić information content (AvgIpc) is 3.15. The Balaban J connectivity index is 1.52. The van der Waals surface area contributed by atoms with Crippen LogP contribution in [0.15, 0.2) is 0 Å². The van der Waals surface area contributed by atoms with Gasteiger partial charge in [-0.1, -0.05) is 0 Å². The molecule has 0 radical (unpaired) electrons. The molecule has 2 N–H and O–H groups in total. The van der Waals surface area contributed by atoms with Crippen LogP contribution in [0.4, 0.5) is 5.13 Å². The van der Waals surface area contributed by atoms with E-state index in [0.29, 0.717) is 19.6 Å². The van der Waals surface area contributed by atoms with Gasteiger partial charge in [-0.15, -0.1) is 0 Å². The molecule has 0 bridgehead atoms. The quantitative estimate of drug-likeness (QED) is 0.846. The van der Waals surface area contributed by atoms with E-state index in [1.807, 2.05) is 11.8 Å². The van der Waals surface area contributed by atoms with Crippen molar-refractivity contribution in [2.24, 2.45) is 5.73 Å². The number of anilines is 1. The predicted molar refractivity (Wildman–Crippen MR) is 80.4 cm³/mol. The van der Waals surface area contributed by atoms with Crippen molar-refractivity contribution in [2.45, 2.75) is 32.0 Å². The molecule has 8 heteroatoms. The third kappa shape index (κ3) is 3.17. The van der Waals surface area contributed by atoms with Gasteiger partial charge in [0.05, 0.1) is 6.10 Å². The number of carbonyl (C=O) groups excluding carboxylic acids is 1. The molecule has 7 nitrogen and oxygen atoms in total. The monoisotopic (exact) mass is 311 g/mol. The van der Waals surface area contributed by atoms with Gasteiger partial charge in [-0.05, 0) is 19.8 Å². The van der Waals surface area contributed by atoms with E-state index >= 15 is 0 Å². The molecule has 0 aliphatic carbocycles. The van der Waals surface area contributed by atoms with Crippen molar-refractivity contribution in [3.05, 3.63) is 5.82 Å². The smallest absolute Gasteiger partial charge is 0.251 e. The van der Waals surface area contributed by atoms with Gasteiger partial charge in [-0.2, -0.15) is 4.37 Å². The van der Waals surface area contributed by atoms with E-state index in [2.05, 4.69) is 14.3 Å². The van der Waals surface area contributed by atoms with Crippen LogP contribution in [0.2, 0.25) is 0 Å². The molecule has 1 aromatic heterocycles. The Labute approximate surface area is 128 Å². The van der Waals surface area contributed by atoms with Crippen molar-refractivity contribution < 1.29 is 9.53 Å². The highest BCUT2D eigenvalue weighted by Crippen LogP contribution is 2.23. The fraction of sp³-hybridized carbons (Fsp3) is 0.769. The summed E-state index contributed by atoms with van der Waals surface area (Å²) in [7, 11) is 0. The van der Waals surface area contributed by atoms with Crippen LogP contribution in [-0.2, 0) is 9.53 Å². The number of carbonyl (C=O) groups is 1. The fourth-order valence-corrected chi connectivity index (χ4v) is 3.52. The first-order valence-electron chi connectivity index (χ1n) is 7.37. The second kappa shape index (κ2) is 6.25. The maximum atomic E-state index is 12.4. The molecule has 116 valence electrons. The highest BCUT2D eigenvalue weighted by atomic mass is 32.1. The lowest BCUT2D eigenvalue weighted by Gasteiger charge is -2.35. The van der Waals surface area contributed by atoms with Gasteiger partial charge < -0.3 is 20.3 Å². The van der Waals surface area contributed by atoms with Gasteiger partial charge in [0.2, 0.25) is 5.13 Å². The van der Waals surface area contributed by atoms with Crippen molar-refractivity contribution in [1.29, 1.82) is 0 Å². The summed E-state index contributed by atoms with van der Waals surface area (Å²) in [5.41, 5.74) is 5.59. The SMILES string of the molecule is Cc1nsc(N2CCN(C(=O)[C@@H]3CC[C@H](CN)O3)CC2)n1. The second-order valence-electron chi connectivity index (χ2n) is 5.50. The number of aryl methyl sites for hydroxylation is 1. The van der Waals surface area contributed by atoms with E-state index in [9.17, 15) is 4.79 Å². The highest BCUT2D eigenvalue weighted by molar-refractivity contribution is 7.09. The normalized spacial score (nSPS) is 26.4. The van der Waals surface area contributed by atoms with Gasteiger partial charge in [-0.3, -0.25) is 4.79 Å². The Hall–Kier alpha value is -1.25. The van der Waals surface area contributed by atoms with E-state index in [1.54, 1.807) is 0 Å². The summed E-state index contributed by atoms with van der Waals surface area (Å²) >= 11 is 1.42. The van der Waals surface area contributed by atoms with Crippen LogP contribution in [0.3, 0.4) is 0 Å². The van der Waals surface area contributed by atoms with Gasteiger partial charge in [0, 0.05) is 44.3 Å². The zero-order chi connectivity index (χ0) is 14.8. The number of ether oxygens (including phenoxy) is 1. The molecule has 1 aromatic rings. The van der Waals surface area contributed by atoms with Crippen LogP contribution in [-0.4, -0.2) is 65.1 Å². The third-order valence-electron chi connectivity index (χ3n) is 4.02. The van der Waals surface area contributed by atoms with Crippen LogP contribution < -0.4 is 10.6 Å². The molecule has 2 aliphatic rings. The van der Waals surface area contributed by atoms with Crippen molar-refractivity contribution in [3.8, 4) is 0 Å². The van der Waals surface area contributed by atoms with Gasteiger partial charge in [0.25, 0.3) is 5.91 Å². The van der Waals surface area contributed by atoms with Gasteiger partial charge in [0.1, 0.15) is 11.9 Å². The maximum absolute atomic E-state index is 12.4. The zero-order valence-electron chi connectivity index (χ0n) is 12.2. The lowest BCUT2D eigenvalue weighted by atomic mass is 10.1. The molecule has 1 amide bonds. The fourth-order valence-electron chi connectivity index (χ4n) is 2.80. The van der Waals surface area contributed by atoms with E-state index in [-0.39, 0.29) is 18.1 Å². The van der Waals surface area contributed by atoms with E-state index in [4.69, 9.17) is 10.5 Å². The van der Waals surface area contributed by atoms with E-state index < -0.39 is 0 Å². The Bertz CT molecular complexity index is 501. The summed E-state index contributed by atoms with van der Waals surface area (Å²) in [4.78, 5) is 20.9. The lowest BCUT2D eigenvalue weighted by Crippen LogP contribution is -2.51. The Morgan fingerprint density at radius 1 is 1.38 bits per heavy atom. The topological polar surface area (TPSA) is 84.6 Å². The molecule has 0 unspecified atom stereocenters. The predicted octanol–water partition coefficient (Wildman–Crippen LogP) is 0.00142. The van der Waals surface area contributed by atoms with Crippen LogP contribution in [0.5, 0.6) is 0 Å². The Kier molecular flexibility index (Phi) is 4.37. The number of amides is 1. The molecule has 21 heavy (non-hydrogen) atoms. The minimum absolute atomic E-state index is 0.0459. The van der Waals surface area contributed by atoms with Gasteiger partial charge in [0.15, 0.2) is 0 Å². The summed E-state index contributed by atoms with van der Waals surface area (Å²) in [6.07, 6.45) is 1.42. The third-order valence-corrected chi connectivity index (χ3v) is 4.89. The highest BCUT2D eigenvalue weighted by Gasteiger charge is 2.34. The number of nitrogens with two attached hydrogens (primary N) is 1. The Morgan fingerprint density at radius 3 is 2.71 bits per heavy atom. The number of aromatic nitrogens is 2. The number of hydrogen-bond acceptors (Lipinski definition) is 7. The van der Waals surface area contributed by atoms with Crippen LogP contribution in [0.1, 0.15) is 18.7 Å². The Morgan fingerprint density at radius 2 is 2.14 bits per heavy atom. The molecular weight excluding hydrogens is 290 g/mol. The first-order chi connectivity index (χ1) is 10.2. The number of rotatable bonds is 3. The molecule has 0 aromatic carbocycles. The molecule has 3 rings (SSSR count). The van der Waals surface area contributed by atoms with E-state index in [0.717, 1.165) is 36.9 Å². The first-order valence-corrected chi connectivity index (χ1v) is 8.14. The van der Waals surface area contributed by atoms with Gasteiger partial charge in [-0.25, -0.2) is 4.98 Å². The second-order valence-corrected chi connectivity index (χ2v) is 6.23. The van der Waals surface area contributed by atoms with Crippen LogP contribution >= 0.6 is 11.5 Å². The number of hydrogen-bond donors (Lipinski definition) is 1. The largest absolute Gasteiger partial charge is 0.364 e. The number of nitrogens with zero attached hydrogens (tertiary/aromatic N) is 4. The average molecular weight is 311 g/mol. The van der Waals surface area contributed by atoms with Crippen molar-refractivity contribution in [2.75, 3.05) is 37.6 Å².